The molecule has 1 aromatic heterocycles. The summed E-state index contributed by atoms with van der Waals surface area (Å²) in [6.07, 6.45) is 0.656. The lowest BCUT2D eigenvalue weighted by molar-refractivity contribution is 0.195. The summed E-state index contributed by atoms with van der Waals surface area (Å²) in [5.74, 6) is 0.590. The maximum Gasteiger partial charge on any atom is 0.284 e. The summed E-state index contributed by atoms with van der Waals surface area (Å²) in [5, 5.41) is 6.30. The molecule has 1 rings (SSSR count). The molecule has 0 aliphatic rings. The van der Waals surface area contributed by atoms with E-state index in [1.165, 1.54) is 0 Å². The monoisotopic (exact) mass is 160 g/mol. The number of hydrogen-bond acceptors (Lipinski definition) is 4. The van der Waals surface area contributed by atoms with E-state index in [9.17, 15) is 0 Å². The molecule has 0 saturated carbocycles. The minimum Gasteiger partial charge on any atom is -0.414 e. The Labute approximate surface area is 63.2 Å². The smallest absolute Gasteiger partial charge is 0.284 e. The van der Waals surface area contributed by atoms with Crippen LogP contribution in [0.25, 0.3) is 0 Å². The van der Waals surface area contributed by atoms with Crippen molar-refractivity contribution < 1.29 is 9.15 Å². The van der Waals surface area contributed by atoms with Gasteiger partial charge in [0.25, 0.3) is 4.84 Å². The zero-order chi connectivity index (χ0) is 7.40. The molecule has 0 atom stereocenters. The van der Waals surface area contributed by atoms with Crippen molar-refractivity contribution in [3.05, 3.63) is 10.7 Å². The predicted octanol–water partition coefficient (Wildman–Crippen LogP) is 0.921. The van der Waals surface area contributed by atoms with Crippen LogP contribution in [0, 0.1) is 4.84 Å². The van der Waals surface area contributed by atoms with E-state index in [1.54, 1.807) is 7.11 Å². The lowest BCUT2D eigenvalue weighted by Crippen LogP contribution is -1.93. The molecular weight excluding hydrogens is 152 g/mol. The van der Waals surface area contributed by atoms with Gasteiger partial charge in [-0.05, 0) is 12.2 Å². The summed E-state index contributed by atoms with van der Waals surface area (Å²) in [5.41, 5.74) is 0. The topological polar surface area (TPSA) is 51.0 Å². The first-order valence-corrected chi connectivity index (χ1v) is 3.27. The molecule has 10 heavy (non-hydrogen) atoms. The average Bonchev–Trinajstić information content (AvgIpc) is 2.31. The van der Waals surface area contributed by atoms with Crippen molar-refractivity contribution in [2.45, 2.75) is 6.42 Å². The molecule has 0 fully saturated rings. The van der Waals surface area contributed by atoms with Gasteiger partial charge in [0.05, 0.1) is 6.61 Å². The van der Waals surface area contributed by atoms with Gasteiger partial charge < -0.3 is 9.15 Å². The van der Waals surface area contributed by atoms with Crippen LogP contribution in [0.2, 0.25) is 0 Å². The number of methoxy groups -OCH3 is 1. The highest BCUT2D eigenvalue weighted by atomic mass is 32.1. The SMILES string of the molecule is COCCc1n[nH]c(=S)o1. The molecule has 1 aromatic rings. The van der Waals surface area contributed by atoms with E-state index >= 15 is 0 Å². The molecule has 0 aliphatic heterocycles. The number of ether oxygens (including phenoxy) is 1. The van der Waals surface area contributed by atoms with E-state index in [2.05, 4.69) is 22.4 Å². The Morgan fingerprint density at radius 2 is 2.60 bits per heavy atom. The summed E-state index contributed by atoms with van der Waals surface area (Å²) in [7, 11) is 1.63. The second kappa shape index (κ2) is 3.48. The predicted molar refractivity (Wildman–Crippen MR) is 37.3 cm³/mol. The molecule has 0 radical (unpaired) electrons. The average molecular weight is 160 g/mol. The number of nitrogens with one attached hydrogen (secondary N) is 1. The Morgan fingerprint density at radius 1 is 1.80 bits per heavy atom. The minimum absolute atomic E-state index is 0.311. The van der Waals surface area contributed by atoms with Gasteiger partial charge in [-0.3, -0.25) is 0 Å². The summed E-state index contributed by atoms with van der Waals surface area (Å²) >= 11 is 4.66. The summed E-state index contributed by atoms with van der Waals surface area (Å²) in [6.45, 7) is 0.600. The van der Waals surface area contributed by atoms with E-state index in [0.29, 0.717) is 23.8 Å². The van der Waals surface area contributed by atoms with Gasteiger partial charge in [0.15, 0.2) is 0 Å². The van der Waals surface area contributed by atoms with Crippen molar-refractivity contribution >= 4 is 12.2 Å². The number of aromatic nitrogens is 2. The normalized spacial score (nSPS) is 10.1. The fourth-order valence-corrected chi connectivity index (χ4v) is 0.699. The second-order valence-corrected chi connectivity index (χ2v) is 2.12. The van der Waals surface area contributed by atoms with Crippen LogP contribution < -0.4 is 0 Å². The molecular formula is C5H8N2O2S. The Bertz CT molecular complexity index is 242. The lowest BCUT2D eigenvalue weighted by Gasteiger charge is -1.90. The lowest BCUT2D eigenvalue weighted by atomic mass is 10.5. The van der Waals surface area contributed by atoms with Crippen LogP contribution in [0.4, 0.5) is 0 Å². The van der Waals surface area contributed by atoms with Gasteiger partial charge in [-0.25, -0.2) is 5.10 Å². The first-order chi connectivity index (χ1) is 4.83. The van der Waals surface area contributed by atoms with Crippen molar-refractivity contribution in [2.24, 2.45) is 0 Å². The van der Waals surface area contributed by atoms with E-state index in [-0.39, 0.29) is 0 Å². The second-order valence-electron chi connectivity index (χ2n) is 1.75. The van der Waals surface area contributed by atoms with Gasteiger partial charge in [0.2, 0.25) is 5.89 Å². The standard InChI is InChI=1S/C5H8N2O2S/c1-8-3-2-4-6-7-5(10)9-4/h2-3H2,1H3,(H,7,10). The fourth-order valence-electron chi connectivity index (χ4n) is 0.557. The number of aromatic amines is 1. The minimum atomic E-state index is 0.311. The third-order valence-electron chi connectivity index (χ3n) is 1.00. The number of nitrogens with zero attached hydrogens (tertiary/aromatic N) is 1. The number of rotatable bonds is 3. The Balaban J connectivity index is 2.50. The third kappa shape index (κ3) is 1.93. The molecule has 4 nitrogen and oxygen atoms in total. The first kappa shape index (κ1) is 7.43. The van der Waals surface area contributed by atoms with Crippen LogP contribution in [0.3, 0.4) is 0 Å². The van der Waals surface area contributed by atoms with Gasteiger partial charge in [-0.15, -0.1) is 5.10 Å². The Kier molecular flexibility index (Phi) is 2.58. The van der Waals surface area contributed by atoms with Crippen molar-refractivity contribution in [2.75, 3.05) is 13.7 Å². The largest absolute Gasteiger partial charge is 0.414 e. The van der Waals surface area contributed by atoms with Gasteiger partial charge in [-0.2, -0.15) is 0 Å². The van der Waals surface area contributed by atoms with Gasteiger partial charge in [0, 0.05) is 13.5 Å². The summed E-state index contributed by atoms with van der Waals surface area (Å²) in [6, 6.07) is 0. The quantitative estimate of drug-likeness (QED) is 0.668. The maximum atomic E-state index is 4.95. The molecule has 1 heterocycles. The van der Waals surface area contributed by atoms with Crippen molar-refractivity contribution in [1.82, 2.24) is 10.2 Å². The van der Waals surface area contributed by atoms with E-state index in [4.69, 9.17) is 9.15 Å². The molecule has 0 saturated heterocycles. The molecule has 0 aliphatic carbocycles. The van der Waals surface area contributed by atoms with Crippen LogP contribution in [-0.4, -0.2) is 23.9 Å². The van der Waals surface area contributed by atoms with E-state index in [0.717, 1.165) is 0 Å². The Morgan fingerprint density at radius 3 is 3.10 bits per heavy atom. The van der Waals surface area contributed by atoms with Crippen molar-refractivity contribution in [3.8, 4) is 0 Å². The molecule has 0 bridgehead atoms. The highest BCUT2D eigenvalue weighted by Crippen LogP contribution is 1.94. The van der Waals surface area contributed by atoms with E-state index in [1.807, 2.05) is 0 Å². The zero-order valence-electron chi connectivity index (χ0n) is 5.59. The third-order valence-corrected chi connectivity index (χ3v) is 1.18. The zero-order valence-corrected chi connectivity index (χ0v) is 6.40. The first-order valence-electron chi connectivity index (χ1n) is 2.86. The molecule has 0 amide bonds. The molecule has 5 heteroatoms. The maximum absolute atomic E-state index is 4.95. The highest BCUT2D eigenvalue weighted by molar-refractivity contribution is 7.71. The Hall–Kier alpha value is -0.680. The fraction of sp³-hybridized carbons (Fsp3) is 0.600. The van der Waals surface area contributed by atoms with Crippen LogP contribution >= 0.6 is 12.2 Å². The molecule has 0 unspecified atom stereocenters. The van der Waals surface area contributed by atoms with Gasteiger partial charge in [0.1, 0.15) is 0 Å². The van der Waals surface area contributed by atoms with Crippen LogP contribution in [0.5, 0.6) is 0 Å². The number of H-pyrrole nitrogens is 1. The van der Waals surface area contributed by atoms with Crippen molar-refractivity contribution in [3.63, 3.8) is 0 Å². The molecule has 0 aromatic carbocycles. The summed E-state index contributed by atoms with van der Waals surface area (Å²) in [4.78, 5) is 0.311. The van der Waals surface area contributed by atoms with Gasteiger partial charge >= 0.3 is 0 Å². The van der Waals surface area contributed by atoms with E-state index < -0.39 is 0 Å². The van der Waals surface area contributed by atoms with Gasteiger partial charge in [-0.1, -0.05) is 0 Å². The van der Waals surface area contributed by atoms with Crippen molar-refractivity contribution in [1.29, 1.82) is 0 Å². The molecule has 56 valence electrons. The van der Waals surface area contributed by atoms with Crippen LogP contribution in [-0.2, 0) is 11.2 Å². The summed E-state index contributed by atoms with van der Waals surface area (Å²) < 4.78 is 9.76. The number of hydrogen-bond donors (Lipinski definition) is 1. The van der Waals surface area contributed by atoms with Crippen LogP contribution in [0.15, 0.2) is 4.42 Å². The molecule has 0 spiro atoms. The van der Waals surface area contributed by atoms with Crippen LogP contribution in [0.1, 0.15) is 5.89 Å². The molecule has 1 N–H and O–H groups in total. The highest BCUT2D eigenvalue weighted by Gasteiger charge is 1.96.